The van der Waals surface area contributed by atoms with Crippen LogP contribution >= 0.6 is 0 Å². The Kier molecular flexibility index (Phi) is 33.8. The van der Waals surface area contributed by atoms with Crippen molar-refractivity contribution in [1.82, 2.24) is 0 Å². The molecule has 216 valence electrons. The second-order valence-corrected chi connectivity index (χ2v) is 9.35. The van der Waals surface area contributed by atoms with Crippen molar-refractivity contribution in [3.63, 3.8) is 0 Å². The summed E-state index contributed by atoms with van der Waals surface area (Å²) in [6.45, 7) is 8.05. The predicted molar refractivity (Wildman–Crippen MR) is 144 cm³/mol. The second kappa shape index (κ2) is 31.4. The zero-order chi connectivity index (χ0) is 28.0. The first-order valence-corrected chi connectivity index (χ1v) is 13.9. The highest BCUT2D eigenvalue weighted by molar-refractivity contribution is 5.67. The highest BCUT2D eigenvalue weighted by Crippen LogP contribution is 2.13. The van der Waals surface area contributed by atoms with Crippen molar-refractivity contribution in [3.8, 4) is 0 Å². The number of carboxylic acids is 1. The number of ether oxygens (including phenoxy) is 2. The summed E-state index contributed by atoms with van der Waals surface area (Å²) in [6, 6.07) is 0. The molecule has 0 radical (unpaired) electrons. The molecule has 0 heterocycles. The van der Waals surface area contributed by atoms with Crippen molar-refractivity contribution in [2.24, 2.45) is 0 Å². The number of rotatable bonds is 20. The molecule has 0 aliphatic rings. The molecule has 0 rings (SSSR count). The van der Waals surface area contributed by atoms with Gasteiger partial charge in [-0.05, 0) is 20.3 Å². The lowest BCUT2D eigenvalue weighted by molar-refractivity contribution is -0.155. The first-order valence-electron chi connectivity index (χ1n) is 13.9. The molecular weight excluding hydrogens is 464 g/mol. The first kappa shape index (κ1) is 38.9. The van der Waals surface area contributed by atoms with Gasteiger partial charge >= 0.3 is 17.9 Å². The number of carbonyl (C=O) groups is 3. The van der Waals surface area contributed by atoms with Crippen LogP contribution in [-0.4, -0.2) is 58.6 Å². The average Bonchev–Trinajstić information content (AvgIpc) is 2.80. The standard InChI is InChI=1S/C18H36O2.C7H12O4.C3H8O2/c1-2-3-4-5-6-7-8-9-10-11-12-13-14-15-16-17-18(19)20;1-5(11-7(3)9)4-10-6(2)8;1-3(5)2-4/h2-17H2,1H3,(H,19,20);5H,4H2,1-3H3;3-5H,2H2,1H3. The van der Waals surface area contributed by atoms with Crippen molar-refractivity contribution in [2.45, 2.75) is 150 Å². The van der Waals surface area contributed by atoms with Crippen LogP contribution in [-0.2, 0) is 23.9 Å². The van der Waals surface area contributed by atoms with Crippen molar-refractivity contribution < 1.29 is 39.2 Å². The Morgan fingerprint density at radius 1 is 0.694 bits per heavy atom. The average molecular weight is 521 g/mol. The fourth-order valence-corrected chi connectivity index (χ4v) is 3.20. The number of aliphatic carboxylic acids is 1. The number of esters is 2. The maximum atomic E-state index is 10.3. The maximum absolute atomic E-state index is 10.3. The summed E-state index contributed by atoms with van der Waals surface area (Å²) in [7, 11) is 0. The number of aliphatic hydroxyl groups excluding tert-OH is 2. The minimum atomic E-state index is -0.653. The number of carbonyl (C=O) groups excluding carboxylic acids is 2. The molecule has 0 aromatic heterocycles. The molecule has 36 heavy (non-hydrogen) atoms. The van der Waals surface area contributed by atoms with Crippen molar-refractivity contribution in [2.75, 3.05) is 13.2 Å². The largest absolute Gasteiger partial charge is 0.481 e. The van der Waals surface area contributed by atoms with Crippen LogP contribution in [0.2, 0.25) is 0 Å². The molecule has 0 saturated carbocycles. The van der Waals surface area contributed by atoms with E-state index >= 15 is 0 Å². The van der Waals surface area contributed by atoms with E-state index in [2.05, 4.69) is 16.4 Å². The van der Waals surface area contributed by atoms with Crippen LogP contribution in [0.3, 0.4) is 0 Å². The van der Waals surface area contributed by atoms with Crippen LogP contribution < -0.4 is 0 Å². The van der Waals surface area contributed by atoms with Gasteiger partial charge in [0.2, 0.25) is 0 Å². The summed E-state index contributed by atoms with van der Waals surface area (Å²) in [5.41, 5.74) is 0. The molecular formula is C28H56O8. The molecule has 0 aromatic carbocycles. The van der Waals surface area contributed by atoms with Gasteiger partial charge < -0.3 is 24.8 Å². The predicted octanol–water partition coefficient (Wildman–Crippen LogP) is 6.19. The first-order chi connectivity index (χ1) is 17.1. The lowest BCUT2D eigenvalue weighted by Gasteiger charge is -2.10. The molecule has 3 N–H and O–H groups in total. The lowest BCUT2D eigenvalue weighted by Crippen LogP contribution is -2.19. The van der Waals surface area contributed by atoms with Gasteiger partial charge in [-0.3, -0.25) is 14.4 Å². The number of aliphatic hydroxyl groups is 2. The number of hydrogen-bond acceptors (Lipinski definition) is 7. The maximum Gasteiger partial charge on any atom is 0.303 e. The molecule has 0 aliphatic heterocycles. The molecule has 8 heteroatoms. The van der Waals surface area contributed by atoms with Crippen molar-refractivity contribution in [1.29, 1.82) is 0 Å². The zero-order valence-electron chi connectivity index (χ0n) is 23.8. The quantitative estimate of drug-likeness (QED) is 0.128. The van der Waals surface area contributed by atoms with E-state index in [0.29, 0.717) is 6.42 Å². The Balaban J connectivity index is -0.000000566. The van der Waals surface area contributed by atoms with Crippen LogP contribution in [0.4, 0.5) is 0 Å². The lowest BCUT2D eigenvalue weighted by atomic mass is 10.0. The molecule has 0 bridgehead atoms. The summed E-state index contributed by atoms with van der Waals surface area (Å²) in [5, 5.41) is 24.5. The van der Waals surface area contributed by atoms with Crippen LogP contribution in [0.15, 0.2) is 0 Å². The third-order valence-electron chi connectivity index (χ3n) is 5.15. The van der Waals surface area contributed by atoms with E-state index in [1.54, 1.807) is 6.92 Å². The molecule has 8 nitrogen and oxygen atoms in total. The zero-order valence-corrected chi connectivity index (χ0v) is 23.8. The minimum Gasteiger partial charge on any atom is -0.481 e. The van der Waals surface area contributed by atoms with E-state index in [1.807, 2.05) is 0 Å². The molecule has 0 spiro atoms. The summed E-state index contributed by atoms with van der Waals surface area (Å²) in [4.78, 5) is 30.9. The topological polar surface area (TPSA) is 130 Å². The minimum absolute atomic E-state index is 0.120. The Labute approximate surface area is 220 Å². The van der Waals surface area contributed by atoms with Gasteiger partial charge in [0.05, 0.1) is 12.7 Å². The molecule has 2 unspecified atom stereocenters. The Morgan fingerprint density at radius 2 is 1.06 bits per heavy atom. The summed E-state index contributed by atoms with van der Waals surface area (Å²) < 4.78 is 9.27. The monoisotopic (exact) mass is 520 g/mol. The number of unbranched alkanes of at least 4 members (excludes halogenated alkanes) is 14. The van der Waals surface area contributed by atoms with Crippen molar-refractivity contribution >= 4 is 17.9 Å². The van der Waals surface area contributed by atoms with Crippen molar-refractivity contribution in [3.05, 3.63) is 0 Å². The van der Waals surface area contributed by atoms with Gasteiger partial charge in [0.15, 0.2) is 0 Å². The Bertz CT molecular complexity index is 494. The fraction of sp³-hybridized carbons (Fsp3) is 0.893. The molecule has 2 atom stereocenters. The fourth-order valence-electron chi connectivity index (χ4n) is 3.20. The van der Waals surface area contributed by atoms with Crippen LogP contribution in [0.1, 0.15) is 137 Å². The Morgan fingerprint density at radius 3 is 1.33 bits per heavy atom. The molecule has 0 amide bonds. The summed E-state index contributed by atoms with van der Waals surface area (Å²) >= 11 is 0. The van der Waals surface area contributed by atoms with Crippen LogP contribution in [0.25, 0.3) is 0 Å². The van der Waals surface area contributed by atoms with Gasteiger partial charge in [-0.15, -0.1) is 0 Å². The second-order valence-electron chi connectivity index (χ2n) is 9.35. The van der Waals surface area contributed by atoms with E-state index in [1.165, 1.54) is 104 Å². The smallest absolute Gasteiger partial charge is 0.303 e. The normalized spacial score (nSPS) is 11.8. The van der Waals surface area contributed by atoms with Gasteiger partial charge in [0, 0.05) is 20.3 Å². The van der Waals surface area contributed by atoms with Gasteiger partial charge in [-0.1, -0.05) is 96.8 Å². The van der Waals surface area contributed by atoms with E-state index in [-0.39, 0.29) is 31.3 Å². The molecule has 0 aliphatic carbocycles. The van der Waals surface area contributed by atoms with Crippen LogP contribution in [0.5, 0.6) is 0 Å². The third kappa shape index (κ3) is 45.8. The third-order valence-corrected chi connectivity index (χ3v) is 5.15. The molecule has 0 saturated heterocycles. The van der Waals surface area contributed by atoms with Gasteiger partial charge in [-0.2, -0.15) is 0 Å². The summed E-state index contributed by atoms with van der Waals surface area (Å²) in [6.07, 6.45) is 19.3. The molecule has 0 aromatic rings. The highest BCUT2D eigenvalue weighted by atomic mass is 16.6. The number of hydrogen-bond donors (Lipinski definition) is 3. The van der Waals surface area contributed by atoms with E-state index in [9.17, 15) is 14.4 Å². The van der Waals surface area contributed by atoms with Gasteiger partial charge in [0.25, 0.3) is 0 Å². The van der Waals surface area contributed by atoms with E-state index < -0.39 is 12.1 Å². The Hall–Kier alpha value is -1.67. The SMILES string of the molecule is CC(=O)OCC(C)OC(C)=O.CC(O)CO.CCCCCCCCCCCCCCCCCC(=O)O. The molecule has 0 fully saturated rings. The summed E-state index contributed by atoms with van der Waals surface area (Å²) in [5.74, 6) is -1.40. The van der Waals surface area contributed by atoms with E-state index in [0.717, 1.165) is 12.8 Å². The van der Waals surface area contributed by atoms with Crippen LogP contribution in [0, 0.1) is 0 Å². The van der Waals surface area contributed by atoms with E-state index in [4.69, 9.17) is 15.3 Å². The number of carboxylic acid groups (broad SMARTS) is 1. The van der Waals surface area contributed by atoms with Gasteiger partial charge in [0.1, 0.15) is 12.7 Å². The highest BCUT2D eigenvalue weighted by Gasteiger charge is 2.06. The van der Waals surface area contributed by atoms with Gasteiger partial charge in [-0.25, -0.2) is 0 Å².